The van der Waals surface area contributed by atoms with Gasteiger partial charge in [0.05, 0.1) is 6.04 Å². The Morgan fingerprint density at radius 1 is 1.12 bits per heavy atom. The lowest BCUT2D eigenvalue weighted by Gasteiger charge is -2.49. The molecule has 0 spiro atoms. The van der Waals surface area contributed by atoms with Gasteiger partial charge in [0, 0.05) is 0 Å². The Morgan fingerprint density at radius 3 is 2.16 bits per heavy atom. The maximum Gasteiger partial charge on any atom is 0.251 e. The molecule has 1 N–H and O–H groups in total. The second-order valence-corrected chi connectivity index (χ2v) is 13.4. The summed E-state index contributed by atoms with van der Waals surface area (Å²) in [5, 5.41) is 3.07. The van der Waals surface area contributed by atoms with E-state index in [4.69, 9.17) is 4.43 Å². The molecule has 2 rings (SSSR count). The SMILES string of the molecule is C=CCc1ccccc1[C@@H]1NC(=O)[C@@H]1O[Si](C(C)C)(C(C)C)C(C)C. The first-order valence-corrected chi connectivity index (χ1v) is 11.6. The second-order valence-electron chi connectivity index (χ2n) is 8.03. The van der Waals surface area contributed by atoms with Crippen LogP contribution in [0.3, 0.4) is 0 Å². The number of nitrogens with one attached hydrogen (secondary N) is 1. The van der Waals surface area contributed by atoms with Gasteiger partial charge in [0.15, 0.2) is 0 Å². The molecule has 138 valence electrons. The quantitative estimate of drug-likeness (QED) is 0.396. The van der Waals surface area contributed by atoms with E-state index in [1.54, 1.807) is 0 Å². The van der Waals surface area contributed by atoms with Crippen LogP contribution in [0.4, 0.5) is 0 Å². The molecule has 25 heavy (non-hydrogen) atoms. The van der Waals surface area contributed by atoms with E-state index in [2.05, 4.69) is 65.6 Å². The highest BCUT2D eigenvalue weighted by atomic mass is 28.4. The van der Waals surface area contributed by atoms with E-state index in [1.165, 1.54) is 5.56 Å². The molecule has 1 heterocycles. The van der Waals surface area contributed by atoms with Crippen molar-refractivity contribution in [3.8, 4) is 0 Å². The van der Waals surface area contributed by atoms with E-state index in [-0.39, 0.29) is 18.1 Å². The number of amides is 1. The molecule has 0 unspecified atom stereocenters. The standard InChI is InChI=1S/C21H33NO2Si/c1-8-11-17-12-9-10-13-18(17)19-20(21(23)22-19)24-25(14(2)3,15(4)5)16(6)7/h8-10,12-16,19-20H,1,11H2,2-7H3,(H,22,23)/t19-,20+/m0/s1. The zero-order valence-electron chi connectivity index (χ0n) is 16.5. The van der Waals surface area contributed by atoms with Gasteiger partial charge in [-0.3, -0.25) is 4.79 Å². The number of hydrogen-bond donors (Lipinski definition) is 1. The Bertz CT molecular complexity index is 602. The smallest absolute Gasteiger partial charge is 0.251 e. The van der Waals surface area contributed by atoms with Crippen LogP contribution in [0.5, 0.6) is 0 Å². The molecule has 1 saturated heterocycles. The minimum Gasteiger partial charge on any atom is -0.402 e. The van der Waals surface area contributed by atoms with Gasteiger partial charge < -0.3 is 9.74 Å². The summed E-state index contributed by atoms with van der Waals surface area (Å²) in [6.45, 7) is 17.4. The molecule has 0 aliphatic carbocycles. The van der Waals surface area contributed by atoms with Crippen LogP contribution in [-0.4, -0.2) is 20.3 Å². The molecule has 2 atom stereocenters. The lowest BCUT2D eigenvalue weighted by atomic mass is 9.89. The molecule has 1 amide bonds. The van der Waals surface area contributed by atoms with Crippen molar-refractivity contribution in [1.82, 2.24) is 5.32 Å². The van der Waals surface area contributed by atoms with E-state index in [0.29, 0.717) is 16.6 Å². The van der Waals surface area contributed by atoms with E-state index in [9.17, 15) is 4.79 Å². The van der Waals surface area contributed by atoms with Crippen LogP contribution in [0.1, 0.15) is 58.7 Å². The zero-order chi connectivity index (χ0) is 18.8. The van der Waals surface area contributed by atoms with Gasteiger partial charge in [0.25, 0.3) is 5.91 Å². The molecule has 1 aliphatic rings. The molecule has 0 aromatic heterocycles. The van der Waals surface area contributed by atoms with Gasteiger partial charge in [-0.2, -0.15) is 0 Å². The number of benzene rings is 1. The molecule has 0 bridgehead atoms. The van der Waals surface area contributed by atoms with Crippen molar-refractivity contribution in [3.63, 3.8) is 0 Å². The third-order valence-corrected chi connectivity index (χ3v) is 11.7. The van der Waals surface area contributed by atoms with E-state index in [1.807, 2.05) is 18.2 Å². The van der Waals surface area contributed by atoms with Gasteiger partial charge >= 0.3 is 0 Å². The van der Waals surface area contributed by atoms with Gasteiger partial charge in [-0.25, -0.2) is 0 Å². The first-order valence-electron chi connectivity index (χ1n) is 9.42. The van der Waals surface area contributed by atoms with Crippen molar-refractivity contribution in [2.45, 2.75) is 76.7 Å². The number of allylic oxidation sites excluding steroid dienone is 1. The Balaban J connectivity index is 2.35. The zero-order valence-corrected chi connectivity index (χ0v) is 17.5. The summed E-state index contributed by atoms with van der Waals surface area (Å²) in [7, 11) is -2.09. The highest BCUT2D eigenvalue weighted by Gasteiger charge is 2.52. The molecule has 1 aromatic rings. The first-order chi connectivity index (χ1) is 11.8. The van der Waals surface area contributed by atoms with Gasteiger partial charge in [-0.1, -0.05) is 71.9 Å². The van der Waals surface area contributed by atoms with Crippen LogP contribution in [-0.2, 0) is 15.6 Å². The first kappa shape index (κ1) is 19.9. The molecule has 1 aromatic carbocycles. The summed E-state index contributed by atoms with van der Waals surface area (Å²) >= 11 is 0. The second kappa shape index (κ2) is 7.88. The Kier molecular flexibility index (Phi) is 6.28. The highest BCUT2D eigenvalue weighted by molar-refractivity contribution is 6.77. The monoisotopic (exact) mass is 359 g/mol. The number of β-lactam (4-membered cyclic amide) rings is 1. The minimum atomic E-state index is -2.09. The van der Waals surface area contributed by atoms with Crippen molar-refractivity contribution in [2.24, 2.45) is 0 Å². The van der Waals surface area contributed by atoms with Crippen molar-refractivity contribution in [2.75, 3.05) is 0 Å². The van der Waals surface area contributed by atoms with Crippen molar-refractivity contribution >= 4 is 14.2 Å². The average Bonchev–Trinajstić information content (AvgIpc) is 2.53. The molecular formula is C21H33NO2Si. The van der Waals surface area contributed by atoms with Crippen LogP contribution >= 0.6 is 0 Å². The maximum atomic E-state index is 12.4. The average molecular weight is 360 g/mol. The molecule has 4 heteroatoms. The summed E-state index contributed by atoms with van der Waals surface area (Å²) in [6.07, 6.45) is 2.34. The minimum absolute atomic E-state index is 0.0252. The van der Waals surface area contributed by atoms with Crippen molar-refractivity contribution < 1.29 is 9.22 Å². The molecular weight excluding hydrogens is 326 g/mol. The number of rotatable bonds is 8. The fourth-order valence-corrected chi connectivity index (χ4v) is 10.0. The topological polar surface area (TPSA) is 38.3 Å². The summed E-state index contributed by atoms with van der Waals surface area (Å²) in [4.78, 5) is 12.4. The fourth-order valence-electron chi connectivity index (χ4n) is 4.54. The molecule has 3 nitrogen and oxygen atoms in total. The fraction of sp³-hybridized carbons (Fsp3) is 0.571. The van der Waals surface area contributed by atoms with Gasteiger partial charge in [0.2, 0.25) is 8.32 Å². The predicted molar refractivity (Wildman–Crippen MR) is 107 cm³/mol. The van der Waals surface area contributed by atoms with Gasteiger partial charge in [-0.05, 0) is 34.2 Å². The summed E-state index contributed by atoms with van der Waals surface area (Å²) in [5.74, 6) is 0.0252. The van der Waals surface area contributed by atoms with Gasteiger partial charge in [-0.15, -0.1) is 6.58 Å². The number of carbonyl (C=O) groups excluding carboxylic acids is 1. The summed E-state index contributed by atoms with van der Waals surface area (Å²) in [6, 6.07) is 8.22. The number of hydrogen-bond acceptors (Lipinski definition) is 2. The molecule has 1 fully saturated rings. The van der Waals surface area contributed by atoms with Crippen LogP contribution in [0, 0.1) is 0 Å². The lowest BCUT2D eigenvalue weighted by molar-refractivity contribution is -0.141. The van der Waals surface area contributed by atoms with Crippen LogP contribution in [0.15, 0.2) is 36.9 Å². The molecule has 1 aliphatic heterocycles. The van der Waals surface area contributed by atoms with Gasteiger partial charge in [0.1, 0.15) is 6.10 Å². The van der Waals surface area contributed by atoms with E-state index < -0.39 is 8.32 Å². The molecule has 0 saturated carbocycles. The Hall–Kier alpha value is -1.39. The normalized spacial score (nSPS) is 20.8. The van der Waals surface area contributed by atoms with Crippen LogP contribution < -0.4 is 5.32 Å². The maximum absolute atomic E-state index is 12.4. The number of carbonyl (C=O) groups is 1. The van der Waals surface area contributed by atoms with E-state index in [0.717, 1.165) is 12.0 Å². The largest absolute Gasteiger partial charge is 0.402 e. The van der Waals surface area contributed by atoms with Crippen LogP contribution in [0.25, 0.3) is 0 Å². The Morgan fingerprint density at radius 2 is 1.68 bits per heavy atom. The lowest BCUT2D eigenvalue weighted by Crippen LogP contribution is -2.63. The highest BCUT2D eigenvalue weighted by Crippen LogP contribution is 2.45. The van der Waals surface area contributed by atoms with E-state index >= 15 is 0 Å². The Labute approximate surface area is 154 Å². The third kappa shape index (κ3) is 3.60. The summed E-state index contributed by atoms with van der Waals surface area (Å²) < 4.78 is 6.77. The van der Waals surface area contributed by atoms with Crippen molar-refractivity contribution in [1.29, 1.82) is 0 Å². The third-order valence-electron chi connectivity index (χ3n) is 5.65. The van der Waals surface area contributed by atoms with Crippen LogP contribution in [0.2, 0.25) is 16.6 Å². The molecule has 0 radical (unpaired) electrons. The predicted octanol–water partition coefficient (Wildman–Crippen LogP) is 5.15. The van der Waals surface area contributed by atoms with Crippen molar-refractivity contribution in [3.05, 3.63) is 48.0 Å². The summed E-state index contributed by atoms with van der Waals surface area (Å²) in [5.41, 5.74) is 3.76.